The summed E-state index contributed by atoms with van der Waals surface area (Å²) < 4.78 is 41.7. The van der Waals surface area contributed by atoms with Gasteiger partial charge in [-0.2, -0.15) is 13.2 Å². The van der Waals surface area contributed by atoms with Gasteiger partial charge in [-0.1, -0.05) is 6.92 Å². The van der Waals surface area contributed by atoms with Gasteiger partial charge in [-0.05, 0) is 6.42 Å². The van der Waals surface area contributed by atoms with Gasteiger partial charge in [-0.15, -0.1) is 0 Å². The van der Waals surface area contributed by atoms with E-state index in [2.05, 4.69) is 9.40 Å². The molecule has 0 aromatic carbocycles. The average Bonchev–Trinajstić information content (AvgIpc) is 2.57. The molecule has 1 heterocycles. The molecule has 1 aromatic heterocycles. The van der Waals surface area contributed by atoms with E-state index in [1.54, 1.807) is 0 Å². The molecule has 0 aliphatic rings. The number of aromatic nitrogens is 1. The van der Waals surface area contributed by atoms with Gasteiger partial charge in [0.25, 0.3) is 0 Å². The first-order chi connectivity index (χ1) is 7.34. The largest absolute Gasteiger partial charge is 0.481 e. The normalized spacial score (nSPS) is 11.8. The zero-order chi connectivity index (χ0) is 12.3. The van der Waals surface area contributed by atoms with Gasteiger partial charge in [0, 0.05) is 6.42 Å². The van der Waals surface area contributed by atoms with Crippen molar-refractivity contribution < 1.29 is 27.5 Å². The number of nitrogens with zero attached hydrogens (tertiary/aromatic N) is 1. The Balaban J connectivity index is 2.90. The minimum Gasteiger partial charge on any atom is -0.481 e. The molecule has 16 heavy (non-hydrogen) atoms. The second-order valence-corrected chi connectivity index (χ2v) is 3.13. The number of hydrogen-bond donors (Lipinski definition) is 1. The van der Waals surface area contributed by atoms with Gasteiger partial charge in [-0.25, -0.2) is 4.98 Å². The van der Waals surface area contributed by atoms with Crippen LogP contribution in [0.1, 0.15) is 30.7 Å². The van der Waals surface area contributed by atoms with E-state index in [1.807, 2.05) is 0 Å². The van der Waals surface area contributed by atoms with Crippen molar-refractivity contribution in [2.45, 2.75) is 32.4 Å². The Morgan fingerprint density at radius 2 is 2.12 bits per heavy atom. The lowest BCUT2D eigenvalue weighted by atomic mass is 10.3. The first-order valence-corrected chi connectivity index (χ1v) is 4.62. The van der Waals surface area contributed by atoms with E-state index in [0.29, 0.717) is 0 Å². The third-order valence-electron chi connectivity index (χ3n) is 1.89. The van der Waals surface area contributed by atoms with Crippen molar-refractivity contribution in [1.82, 2.24) is 4.98 Å². The highest BCUT2D eigenvalue weighted by molar-refractivity contribution is 5.66. The van der Waals surface area contributed by atoms with Crippen molar-refractivity contribution in [2.24, 2.45) is 0 Å². The molecule has 1 aromatic rings. The van der Waals surface area contributed by atoms with Crippen LogP contribution in [0.3, 0.4) is 0 Å². The summed E-state index contributed by atoms with van der Waals surface area (Å²) in [6.07, 6.45) is -4.94. The average molecular weight is 237 g/mol. The standard InChI is InChI=1S/C9H10F3NO3/c1-2-5-8(9(10,11)12)16-6(13-5)3-4-7(14)15/h2-4H2,1H3,(H,14,15). The third-order valence-corrected chi connectivity index (χ3v) is 1.89. The summed E-state index contributed by atoms with van der Waals surface area (Å²) in [4.78, 5) is 13.9. The van der Waals surface area contributed by atoms with Crippen molar-refractivity contribution in [1.29, 1.82) is 0 Å². The molecule has 0 spiro atoms. The maximum atomic E-state index is 12.4. The van der Waals surface area contributed by atoms with Crippen LogP contribution < -0.4 is 0 Å². The predicted molar refractivity (Wildman–Crippen MR) is 46.8 cm³/mol. The Morgan fingerprint density at radius 3 is 2.50 bits per heavy atom. The topological polar surface area (TPSA) is 63.3 Å². The first kappa shape index (κ1) is 12.5. The van der Waals surface area contributed by atoms with Crippen molar-refractivity contribution in [3.8, 4) is 0 Å². The summed E-state index contributed by atoms with van der Waals surface area (Å²) >= 11 is 0. The summed E-state index contributed by atoms with van der Waals surface area (Å²) in [5.74, 6) is -2.42. The second-order valence-electron chi connectivity index (χ2n) is 3.13. The number of carboxylic acids is 1. The zero-order valence-electron chi connectivity index (χ0n) is 8.47. The van der Waals surface area contributed by atoms with Crippen LogP contribution in [0.15, 0.2) is 4.42 Å². The molecule has 0 aliphatic carbocycles. The third kappa shape index (κ3) is 2.98. The summed E-state index contributed by atoms with van der Waals surface area (Å²) in [6.45, 7) is 1.52. The van der Waals surface area contributed by atoms with Gasteiger partial charge in [0.1, 0.15) is 0 Å². The van der Waals surface area contributed by atoms with Crippen LogP contribution in [-0.2, 0) is 23.8 Å². The van der Waals surface area contributed by atoms with Crippen molar-refractivity contribution in [3.63, 3.8) is 0 Å². The molecule has 0 saturated carbocycles. The lowest BCUT2D eigenvalue weighted by Crippen LogP contribution is -2.06. The van der Waals surface area contributed by atoms with E-state index in [1.165, 1.54) is 6.92 Å². The maximum absolute atomic E-state index is 12.4. The van der Waals surface area contributed by atoms with E-state index < -0.39 is 17.9 Å². The van der Waals surface area contributed by atoms with Crippen LogP contribution >= 0.6 is 0 Å². The molecule has 7 heteroatoms. The number of aliphatic carboxylic acids is 1. The number of alkyl halides is 3. The highest BCUT2D eigenvalue weighted by atomic mass is 19.4. The van der Waals surface area contributed by atoms with E-state index in [0.717, 1.165) is 0 Å². The fraction of sp³-hybridized carbons (Fsp3) is 0.556. The molecule has 0 bridgehead atoms. The van der Waals surface area contributed by atoms with E-state index >= 15 is 0 Å². The van der Waals surface area contributed by atoms with Crippen LogP contribution in [0.5, 0.6) is 0 Å². The Kier molecular flexibility index (Phi) is 3.56. The molecule has 0 amide bonds. The van der Waals surface area contributed by atoms with E-state index in [4.69, 9.17) is 5.11 Å². The van der Waals surface area contributed by atoms with Crippen LogP contribution in [0, 0.1) is 0 Å². The van der Waals surface area contributed by atoms with Crippen molar-refractivity contribution >= 4 is 5.97 Å². The summed E-state index contributed by atoms with van der Waals surface area (Å²) in [5.41, 5.74) is -0.187. The number of halogens is 3. The van der Waals surface area contributed by atoms with Gasteiger partial charge < -0.3 is 9.52 Å². The number of aryl methyl sites for hydroxylation is 2. The summed E-state index contributed by atoms with van der Waals surface area (Å²) in [5, 5.41) is 8.38. The molecule has 1 N–H and O–H groups in total. The van der Waals surface area contributed by atoms with Gasteiger partial charge in [-0.3, -0.25) is 4.79 Å². The number of carboxylic acid groups (broad SMARTS) is 1. The second kappa shape index (κ2) is 4.54. The molecule has 90 valence electrons. The molecular weight excluding hydrogens is 227 g/mol. The Hall–Kier alpha value is -1.53. The molecule has 0 unspecified atom stereocenters. The van der Waals surface area contributed by atoms with Crippen LogP contribution in [0.4, 0.5) is 13.2 Å². The van der Waals surface area contributed by atoms with Crippen LogP contribution in [0.2, 0.25) is 0 Å². The van der Waals surface area contributed by atoms with Gasteiger partial charge >= 0.3 is 12.1 Å². The zero-order valence-corrected chi connectivity index (χ0v) is 8.47. The van der Waals surface area contributed by atoms with Gasteiger partial charge in [0.15, 0.2) is 5.89 Å². The Labute approximate surface area is 89.1 Å². The first-order valence-electron chi connectivity index (χ1n) is 4.62. The molecule has 0 fully saturated rings. The van der Waals surface area contributed by atoms with Crippen molar-refractivity contribution in [2.75, 3.05) is 0 Å². The molecule has 4 nitrogen and oxygen atoms in total. The molecular formula is C9H10F3NO3. The fourth-order valence-electron chi connectivity index (χ4n) is 1.18. The summed E-state index contributed by atoms with van der Waals surface area (Å²) in [7, 11) is 0. The maximum Gasteiger partial charge on any atom is 0.451 e. The van der Waals surface area contributed by atoms with Crippen molar-refractivity contribution in [3.05, 3.63) is 17.3 Å². The minimum atomic E-state index is -4.58. The number of oxazole rings is 1. The monoisotopic (exact) mass is 237 g/mol. The smallest absolute Gasteiger partial charge is 0.451 e. The molecule has 0 atom stereocenters. The fourth-order valence-corrected chi connectivity index (χ4v) is 1.18. The lowest BCUT2D eigenvalue weighted by Gasteiger charge is -2.02. The van der Waals surface area contributed by atoms with E-state index in [-0.39, 0.29) is 30.8 Å². The van der Waals surface area contributed by atoms with Crippen LogP contribution in [-0.4, -0.2) is 16.1 Å². The minimum absolute atomic E-state index is 0.0887. The molecule has 0 aliphatic heterocycles. The number of rotatable bonds is 4. The summed E-state index contributed by atoms with van der Waals surface area (Å²) in [6, 6.07) is 0. The highest BCUT2D eigenvalue weighted by Crippen LogP contribution is 2.33. The molecule has 0 saturated heterocycles. The predicted octanol–water partition coefficient (Wildman–Crippen LogP) is 2.27. The molecule has 1 rings (SSSR count). The number of hydrogen-bond acceptors (Lipinski definition) is 3. The lowest BCUT2D eigenvalue weighted by molar-refractivity contribution is -0.154. The number of carbonyl (C=O) groups is 1. The quantitative estimate of drug-likeness (QED) is 0.872. The van der Waals surface area contributed by atoms with Crippen LogP contribution in [0.25, 0.3) is 0 Å². The van der Waals surface area contributed by atoms with Gasteiger partial charge in [0.05, 0.1) is 12.1 Å². The highest BCUT2D eigenvalue weighted by Gasteiger charge is 2.38. The molecule has 0 radical (unpaired) electrons. The SMILES string of the molecule is CCc1nc(CCC(=O)O)oc1C(F)(F)F. The van der Waals surface area contributed by atoms with E-state index in [9.17, 15) is 18.0 Å². The van der Waals surface area contributed by atoms with Gasteiger partial charge in [0.2, 0.25) is 5.76 Å². The Bertz CT molecular complexity index is 384. The Morgan fingerprint density at radius 1 is 1.50 bits per heavy atom.